The van der Waals surface area contributed by atoms with Crippen molar-refractivity contribution in [1.29, 1.82) is 0 Å². The fourth-order valence-corrected chi connectivity index (χ4v) is 2.13. The van der Waals surface area contributed by atoms with Gasteiger partial charge < -0.3 is 11.1 Å². The van der Waals surface area contributed by atoms with E-state index in [-0.39, 0.29) is 0 Å². The lowest BCUT2D eigenvalue weighted by Crippen LogP contribution is -1.96. The predicted molar refractivity (Wildman–Crippen MR) is 80.6 cm³/mol. The lowest BCUT2D eigenvalue weighted by Gasteiger charge is -2.12. The number of rotatable bonds is 2. The first kappa shape index (κ1) is 11.5. The topological polar surface area (TPSA) is 50.9 Å². The van der Waals surface area contributed by atoms with E-state index in [1.54, 1.807) is 6.20 Å². The second kappa shape index (κ2) is 4.61. The van der Waals surface area contributed by atoms with E-state index in [0.717, 1.165) is 33.5 Å². The number of aromatic nitrogens is 1. The average molecular weight is 249 g/mol. The van der Waals surface area contributed by atoms with Crippen LogP contribution in [0.15, 0.2) is 54.7 Å². The minimum atomic E-state index is 0.756. The molecule has 3 heteroatoms. The molecule has 3 nitrogen and oxygen atoms in total. The summed E-state index contributed by atoms with van der Waals surface area (Å²) in [5.41, 5.74) is 10.8. The standard InChI is InChI=1S/C16H15N3/c1-11-7-8-12(17)10-16(11)19-15-6-2-5-14-13(15)4-3-9-18-14/h2-10,19H,17H2,1H3. The molecule has 0 spiro atoms. The zero-order valence-electron chi connectivity index (χ0n) is 10.7. The quantitative estimate of drug-likeness (QED) is 0.678. The van der Waals surface area contributed by atoms with Crippen LogP contribution in [0.1, 0.15) is 5.56 Å². The van der Waals surface area contributed by atoms with Crippen LogP contribution >= 0.6 is 0 Å². The van der Waals surface area contributed by atoms with Gasteiger partial charge in [0.15, 0.2) is 0 Å². The lowest BCUT2D eigenvalue weighted by atomic mass is 10.1. The van der Waals surface area contributed by atoms with Crippen LogP contribution < -0.4 is 11.1 Å². The van der Waals surface area contributed by atoms with Crippen molar-refractivity contribution < 1.29 is 0 Å². The summed E-state index contributed by atoms with van der Waals surface area (Å²) >= 11 is 0. The van der Waals surface area contributed by atoms with Gasteiger partial charge in [-0.05, 0) is 48.9 Å². The molecule has 0 saturated carbocycles. The SMILES string of the molecule is Cc1ccc(N)cc1Nc1cccc2ncccc12. The van der Waals surface area contributed by atoms with Crippen LogP contribution in [0.3, 0.4) is 0 Å². The summed E-state index contributed by atoms with van der Waals surface area (Å²) in [6, 6.07) is 15.9. The van der Waals surface area contributed by atoms with Gasteiger partial charge in [-0.15, -0.1) is 0 Å². The largest absolute Gasteiger partial charge is 0.399 e. The molecule has 0 fully saturated rings. The molecule has 0 atom stereocenters. The number of nitrogens with two attached hydrogens (primary N) is 1. The summed E-state index contributed by atoms with van der Waals surface area (Å²) in [5, 5.41) is 4.54. The maximum atomic E-state index is 5.84. The number of anilines is 3. The minimum Gasteiger partial charge on any atom is -0.399 e. The van der Waals surface area contributed by atoms with E-state index in [9.17, 15) is 0 Å². The van der Waals surface area contributed by atoms with Gasteiger partial charge in [0.05, 0.1) is 5.52 Å². The van der Waals surface area contributed by atoms with E-state index in [4.69, 9.17) is 5.73 Å². The Morgan fingerprint density at radius 1 is 1.00 bits per heavy atom. The summed E-state index contributed by atoms with van der Waals surface area (Å²) in [7, 11) is 0. The van der Waals surface area contributed by atoms with Crippen LogP contribution in [0.5, 0.6) is 0 Å². The number of aryl methyl sites for hydroxylation is 1. The van der Waals surface area contributed by atoms with Crippen molar-refractivity contribution in [3.8, 4) is 0 Å². The Kier molecular flexibility index (Phi) is 2.80. The summed E-state index contributed by atoms with van der Waals surface area (Å²) in [4.78, 5) is 4.36. The van der Waals surface area contributed by atoms with Crippen molar-refractivity contribution in [2.75, 3.05) is 11.1 Å². The van der Waals surface area contributed by atoms with Crippen molar-refractivity contribution in [2.45, 2.75) is 6.92 Å². The molecule has 3 aromatic rings. The van der Waals surface area contributed by atoms with E-state index in [1.807, 2.05) is 42.5 Å². The van der Waals surface area contributed by atoms with Gasteiger partial charge in [-0.25, -0.2) is 0 Å². The van der Waals surface area contributed by atoms with E-state index in [2.05, 4.69) is 23.3 Å². The van der Waals surface area contributed by atoms with Crippen LogP contribution in [-0.4, -0.2) is 4.98 Å². The highest BCUT2D eigenvalue weighted by molar-refractivity contribution is 5.93. The van der Waals surface area contributed by atoms with Gasteiger partial charge >= 0.3 is 0 Å². The second-order valence-corrected chi connectivity index (χ2v) is 4.58. The maximum Gasteiger partial charge on any atom is 0.0722 e. The van der Waals surface area contributed by atoms with Crippen LogP contribution in [0.2, 0.25) is 0 Å². The smallest absolute Gasteiger partial charge is 0.0722 e. The van der Waals surface area contributed by atoms with Gasteiger partial charge in [-0.1, -0.05) is 12.1 Å². The summed E-state index contributed by atoms with van der Waals surface area (Å²) in [5.74, 6) is 0. The molecule has 0 amide bonds. The van der Waals surface area contributed by atoms with Gasteiger partial charge in [-0.3, -0.25) is 4.98 Å². The second-order valence-electron chi connectivity index (χ2n) is 4.58. The normalized spacial score (nSPS) is 10.6. The number of hydrogen-bond acceptors (Lipinski definition) is 3. The van der Waals surface area contributed by atoms with Gasteiger partial charge in [0.2, 0.25) is 0 Å². The number of nitrogens with zero attached hydrogens (tertiary/aromatic N) is 1. The molecule has 3 N–H and O–H groups in total. The highest BCUT2D eigenvalue weighted by Crippen LogP contribution is 2.27. The fraction of sp³-hybridized carbons (Fsp3) is 0.0625. The lowest BCUT2D eigenvalue weighted by molar-refractivity contribution is 1.40. The molecule has 94 valence electrons. The number of nitrogens with one attached hydrogen (secondary N) is 1. The third-order valence-corrected chi connectivity index (χ3v) is 3.18. The van der Waals surface area contributed by atoms with E-state index in [1.165, 1.54) is 0 Å². The zero-order valence-corrected chi connectivity index (χ0v) is 10.7. The highest BCUT2D eigenvalue weighted by Gasteiger charge is 2.03. The molecule has 0 radical (unpaired) electrons. The predicted octanol–water partition coefficient (Wildman–Crippen LogP) is 3.87. The Morgan fingerprint density at radius 3 is 2.79 bits per heavy atom. The van der Waals surface area contributed by atoms with Crippen molar-refractivity contribution in [3.05, 3.63) is 60.3 Å². The Hall–Kier alpha value is -2.55. The average Bonchev–Trinajstić information content (AvgIpc) is 2.43. The number of hydrogen-bond donors (Lipinski definition) is 2. The maximum absolute atomic E-state index is 5.84. The molecule has 0 aliphatic carbocycles. The molecule has 0 aliphatic rings. The Balaban J connectivity index is 2.08. The van der Waals surface area contributed by atoms with Gasteiger partial charge in [-0.2, -0.15) is 0 Å². The molecule has 19 heavy (non-hydrogen) atoms. The first-order valence-corrected chi connectivity index (χ1v) is 6.21. The first-order valence-electron chi connectivity index (χ1n) is 6.21. The summed E-state index contributed by atoms with van der Waals surface area (Å²) in [6.07, 6.45) is 1.80. The first-order chi connectivity index (χ1) is 9.24. The zero-order chi connectivity index (χ0) is 13.2. The Morgan fingerprint density at radius 2 is 1.89 bits per heavy atom. The van der Waals surface area contributed by atoms with Crippen molar-refractivity contribution in [2.24, 2.45) is 0 Å². The number of fused-ring (bicyclic) bond motifs is 1. The van der Waals surface area contributed by atoms with Crippen LogP contribution in [0.4, 0.5) is 17.1 Å². The van der Waals surface area contributed by atoms with Gasteiger partial charge in [0, 0.05) is 28.6 Å². The minimum absolute atomic E-state index is 0.756. The Labute approximate surface area is 112 Å². The molecular weight excluding hydrogens is 234 g/mol. The van der Waals surface area contributed by atoms with Crippen molar-refractivity contribution >= 4 is 28.0 Å². The van der Waals surface area contributed by atoms with Gasteiger partial charge in [0.1, 0.15) is 0 Å². The third kappa shape index (κ3) is 2.22. The number of nitrogen functional groups attached to an aromatic ring is 1. The van der Waals surface area contributed by atoms with Crippen molar-refractivity contribution in [1.82, 2.24) is 4.98 Å². The van der Waals surface area contributed by atoms with Crippen LogP contribution in [0, 0.1) is 6.92 Å². The number of benzene rings is 2. The third-order valence-electron chi connectivity index (χ3n) is 3.18. The molecular formula is C16H15N3. The Bertz CT molecular complexity index is 730. The van der Waals surface area contributed by atoms with Crippen LogP contribution in [0.25, 0.3) is 10.9 Å². The monoisotopic (exact) mass is 249 g/mol. The van der Waals surface area contributed by atoms with E-state index < -0.39 is 0 Å². The molecule has 0 aliphatic heterocycles. The number of pyridine rings is 1. The van der Waals surface area contributed by atoms with Crippen LogP contribution in [-0.2, 0) is 0 Å². The molecule has 2 aromatic carbocycles. The van der Waals surface area contributed by atoms with E-state index >= 15 is 0 Å². The van der Waals surface area contributed by atoms with Gasteiger partial charge in [0.25, 0.3) is 0 Å². The van der Waals surface area contributed by atoms with Crippen molar-refractivity contribution in [3.63, 3.8) is 0 Å². The van der Waals surface area contributed by atoms with E-state index in [0.29, 0.717) is 0 Å². The molecule has 0 unspecified atom stereocenters. The molecule has 0 saturated heterocycles. The molecule has 1 aromatic heterocycles. The summed E-state index contributed by atoms with van der Waals surface area (Å²) in [6.45, 7) is 2.06. The fourth-order valence-electron chi connectivity index (χ4n) is 2.13. The molecule has 0 bridgehead atoms. The summed E-state index contributed by atoms with van der Waals surface area (Å²) < 4.78 is 0. The molecule has 3 rings (SSSR count). The highest BCUT2D eigenvalue weighted by atomic mass is 14.9. The molecule has 1 heterocycles.